The number of thioether (sulfide) groups is 1. The van der Waals surface area contributed by atoms with Crippen molar-refractivity contribution in [2.75, 3.05) is 5.32 Å². The molecule has 39 heavy (non-hydrogen) atoms. The monoisotopic (exact) mass is 518 g/mol. The summed E-state index contributed by atoms with van der Waals surface area (Å²) in [5.41, 5.74) is 7.95. The maximum Gasteiger partial charge on any atom is 0.137 e. The Kier molecular flexibility index (Phi) is 4.32. The van der Waals surface area contributed by atoms with Crippen LogP contribution >= 0.6 is 11.8 Å². The second-order valence-electron chi connectivity index (χ2n) is 10.2. The van der Waals surface area contributed by atoms with Gasteiger partial charge >= 0.3 is 0 Å². The second-order valence-corrected chi connectivity index (χ2v) is 11.3. The summed E-state index contributed by atoms with van der Waals surface area (Å²) in [4.78, 5) is 1.26. The van der Waals surface area contributed by atoms with Crippen molar-refractivity contribution in [1.29, 1.82) is 0 Å². The van der Waals surface area contributed by atoms with E-state index in [9.17, 15) is 0 Å². The number of benzene rings is 6. The third-order valence-electron chi connectivity index (χ3n) is 8.04. The van der Waals surface area contributed by atoms with Crippen molar-refractivity contribution >= 4 is 72.0 Å². The van der Waals surface area contributed by atoms with Crippen molar-refractivity contribution in [3.8, 4) is 5.69 Å². The van der Waals surface area contributed by atoms with Crippen molar-refractivity contribution in [3.63, 3.8) is 0 Å². The number of fused-ring (bicyclic) bond motifs is 10. The highest BCUT2D eigenvalue weighted by atomic mass is 32.2. The standard InChI is InChI=1S/C35H22N2OS/c1-2-8-24-21(7-1)15-18-26-25-9-3-5-11-28(25)37(34(24)26)23-16-13-22(14-17-23)35-36-33-31(39-35)20-19-30-32(33)27-10-4-6-12-29(27)38-30/h1-20,35-36H. The van der Waals surface area contributed by atoms with Crippen LogP contribution in [0.5, 0.6) is 0 Å². The molecule has 0 aliphatic carbocycles. The van der Waals surface area contributed by atoms with Crippen LogP contribution in [0.25, 0.3) is 60.2 Å². The van der Waals surface area contributed by atoms with Gasteiger partial charge in [-0.2, -0.15) is 0 Å². The first kappa shape index (κ1) is 21.3. The fourth-order valence-electron chi connectivity index (χ4n) is 6.27. The molecule has 0 spiro atoms. The van der Waals surface area contributed by atoms with E-state index in [1.54, 1.807) is 0 Å². The molecule has 0 bridgehead atoms. The van der Waals surface area contributed by atoms with Crippen LogP contribution < -0.4 is 5.32 Å². The van der Waals surface area contributed by atoms with Crippen molar-refractivity contribution in [2.45, 2.75) is 10.3 Å². The Labute approximate surface area is 228 Å². The summed E-state index contributed by atoms with van der Waals surface area (Å²) >= 11 is 1.87. The quantitative estimate of drug-likeness (QED) is 0.247. The van der Waals surface area contributed by atoms with Gasteiger partial charge in [0.2, 0.25) is 0 Å². The molecule has 184 valence electrons. The largest absolute Gasteiger partial charge is 0.456 e. The summed E-state index contributed by atoms with van der Waals surface area (Å²) in [6, 6.07) is 43.5. The molecule has 1 atom stereocenters. The molecular weight excluding hydrogens is 496 g/mol. The molecule has 8 aromatic rings. The molecule has 1 N–H and O–H groups in total. The molecule has 2 aromatic heterocycles. The minimum Gasteiger partial charge on any atom is -0.456 e. The molecule has 0 fully saturated rings. The van der Waals surface area contributed by atoms with Gasteiger partial charge in [-0.15, -0.1) is 0 Å². The first-order valence-electron chi connectivity index (χ1n) is 13.2. The van der Waals surface area contributed by atoms with Crippen molar-refractivity contribution in [1.82, 2.24) is 4.57 Å². The van der Waals surface area contributed by atoms with Crippen LogP contribution in [0.3, 0.4) is 0 Å². The van der Waals surface area contributed by atoms with Crippen molar-refractivity contribution in [3.05, 3.63) is 127 Å². The van der Waals surface area contributed by atoms with Gasteiger partial charge in [-0.25, -0.2) is 0 Å². The highest BCUT2D eigenvalue weighted by Gasteiger charge is 2.27. The molecule has 0 amide bonds. The van der Waals surface area contributed by atoms with Crippen molar-refractivity contribution < 1.29 is 4.42 Å². The molecule has 0 radical (unpaired) electrons. The van der Waals surface area contributed by atoms with Gasteiger partial charge in [0.05, 0.1) is 22.1 Å². The molecule has 1 unspecified atom stereocenters. The normalized spacial score (nSPS) is 15.0. The number of furan rings is 1. The summed E-state index contributed by atoms with van der Waals surface area (Å²) in [7, 11) is 0. The van der Waals surface area contributed by atoms with Gasteiger partial charge in [0.15, 0.2) is 0 Å². The van der Waals surface area contributed by atoms with Crippen LogP contribution in [0.2, 0.25) is 0 Å². The molecule has 0 saturated heterocycles. The minimum absolute atomic E-state index is 0.146. The average molecular weight is 519 g/mol. The lowest BCUT2D eigenvalue weighted by Crippen LogP contribution is -2.02. The molecule has 6 aromatic carbocycles. The molecule has 3 heterocycles. The summed E-state index contributed by atoms with van der Waals surface area (Å²) in [5.74, 6) is 0. The SMILES string of the molecule is c1ccc2c(c1)ccc1c3ccccc3n(-c3ccc(C4Nc5c(ccc6oc7ccccc7c56)S4)cc3)c21. The Bertz CT molecular complexity index is 2240. The Hall–Kier alpha value is -4.67. The third kappa shape index (κ3) is 3.01. The van der Waals surface area contributed by atoms with Crippen LogP contribution in [0.1, 0.15) is 10.9 Å². The van der Waals surface area contributed by atoms with Crippen LogP contribution in [0.15, 0.2) is 131 Å². The zero-order valence-electron chi connectivity index (χ0n) is 20.9. The molecule has 0 saturated carbocycles. The fraction of sp³-hybridized carbons (Fsp3) is 0.0286. The van der Waals surface area contributed by atoms with E-state index in [0.29, 0.717) is 0 Å². The maximum atomic E-state index is 6.12. The highest BCUT2D eigenvalue weighted by molar-refractivity contribution is 8.00. The van der Waals surface area contributed by atoms with E-state index >= 15 is 0 Å². The molecule has 4 heteroatoms. The molecular formula is C35H22N2OS. The van der Waals surface area contributed by atoms with Gasteiger partial charge in [0.25, 0.3) is 0 Å². The zero-order valence-corrected chi connectivity index (χ0v) is 21.7. The Balaban J connectivity index is 1.16. The van der Waals surface area contributed by atoms with Gasteiger partial charge in [-0.1, -0.05) is 96.7 Å². The van der Waals surface area contributed by atoms with Crippen LogP contribution in [-0.4, -0.2) is 4.57 Å². The van der Waals surface area contributed by atoms with E-state index in [1.165, 1.54) is 59.8 Å². The number of nitrogens with one attached hydrogen (secondary N) is 1. The van der Waals surface area contributed by atoms with Crippen LogP contribution in [-0.2, 0) is 0 Å². The van der Waals surface area contributed by atoms with Gasteiger partial charge in [-0.05, 0) is 47.3 Å². The number of hydrogen-bond donors (Lipinski definition) is 1. The molecule has 9 rings (SSSR count). The first-order chi connectivity index (χ1) is 19.3. The minimum atomic E-state index is 0.146. The Morgan fingerprint density at radius 1 is 0.615 bits per heavy atom. The lowest BCUT2D eigenvalue weighted by molar-refractivity contribution is 0.669. The smallest absolute Gasteiger partial charge is 0.137 e. The fourth-order valence-corrected chi connectivity index (χ4v) is 7.42. The first-order valence-corrected chi connectivity index (χ1v) is 14.1. The Morgan fingerprint density at radius 3 is 2.28 bits per heavy atom. The number of anilines is 1. The van der Waals surface area contributed by atoms with E-state index in [2.05, 4.69) is 119 Å². The topological polar surface area (TPSA) is 30.1 Å². The lowest BCUT2D eigenvalue weighted by atomic mass is 10.1. The summed E-state index contributed by atoms with van der Waals surface area (Å²) in [6.07, 6.45) is 0. The van der Waals surface area contributed by atoms with E-state index in [-0.39, 0.29) is 5.37 Å². The van der Waals surface area contributed by atoms with E-state index in [0.717, 1.165) is 16.6 Å². The predicted octanol–water partition coefficient (Wildman–Crippen LogP) is 10.1. The van der Waals surface area contributed by atoms with Gasteiger partial charge in [-0.3, -0.25) is 0 Å². The van der Waals surface area contributed by atoms with Gasteiger partial charge < -0.3 is 14.3 Å². The number of rotatable bonds is 2. The number of hydrogen-bond acceptors (Lipinski definition) is 3. The van der Waals surface area contributed by atoms with Crippen LogP contribution in [0, 0.1) is 0 Å². The summed E-state index contributed by atoms with van der Waals surface area (Å²) < 4.78 is 8.54. The van der Waals surface area contributed by atoms with E-state index < -0.39 is 0 Å². The predicted molar refractivity (Wildman–Crippen MR) is 164 cm³/mol. The lowest BCUT2D eigenvalue weighted by Gasteiger charge is -2.14. The average Bonchev–Trinajstić information content (AvgIpc) is 3.68. The molecule has 1 aliphatic rings. The van der Waals surface area contributed by atoms with E-state index in [1.807, 2.05) is 23.9 Å². The maximum absolute atomic E-state index is 6.12. The van der Waals surface area contributed by atoms with Gasteiger partial charge in [0.1, 0.15) is 16.5 Å². The van der Waals surface area contributed by atoms with Crippen LogP contribution in [0.4, 0.5) is 5.69 Å². The number of nitrogens with zero attached hydrogens (tertiary/aromatic N) is 1. The third-order valence-corrected chi connectivity index (χ3v) is 9.26. The summed E-state index contributed by atoms with van der Waals surface area (Å²) in [6.45, 7) is 0. The second kappa shape index (κ2) is 7.92. The number of aromatic nitrogens is 1. The number of para-hydroxylation sites is 2. The van der Waals surface area contributed by atoms with Crippen molar-refractivity contribution in [2.24, 2.45) is 0 Å². The molecule has 1 aliphatic heterocycles. The molecule has 3 nitrogen and oxygen atoms in total. The highest BCUT2D eigenvalue weighted by Crippen LogP contribution is 2.51. The Morgan fingerprint density at radius 2 is 1.38 bits per heavy atom. The zero-order chi connectivity index (χ0) is 25.5. The van der Waals surface area contributed by atoms with E-state index in [4.69, 9.17) is 4.42 Å². The summed E-state index contributed by atoms with van der Waals surface area (Å²) in [5, 5.41) is 11.4. The van der Waals surface area contributed by atoms with Gasteiger partial charge in [0, 0.05) is 32.1 Å².